The molecule has 1 aromatic carbocycles. The van der Waals surface area contributed by atoms with Gasteiger partial charge < -0.3 is 14.5 Å². The molecule has 1 unspecified atom stereocenters. The van der Waals surface area contributed by atoms with E-state index in [1.54, 1.807) is 4.90 Å². The van der Waals surface area contributed by atoms with Gasteiger partial charge in [0, 0.05) is 48.1 Å². The van der Waals surface area contributed by atoms with Crippen LogP contribution in [-0.2, 0) is 4.74 Å². The molecule has 1 saturated heterocycles. The van der Waals surface area contributed by atoms with Crippen LogP contribution in [0.15, 0.2) is 49.3 Å². The zero-order valence-corrected chi connectivity index (χ0v) is 21.4. The molecule has 1 amide bonds. The van der Waals surface area contributed by atoms with E-state index in [0.29, 0.717) is 31.2 Å². The van der Waals surface area contributed by atoms with Crippen molar-refractivity contribution in [2.24, 2.45) is 0 Å². The summed E-state index contributed by atoms with van der Waals surface area (Å²) in [5, 5.41) is 0.663. The van der Waals surface area contributed by atoms with Gasteiger partial charge in [0.1, 0.15) is 11.8 Å². The minimum atomic E-state index is -0.500. The highest BCUT2D eigenvalue weighted by Gasteiger charge is 2.32. The molecule has 1 aromatic rings. The van der Waals surface area contributed by atoms with Crippen molar-refractivity contribution in [2.75, 3.05) is 26.2 Å². The van der Waals surface area contributed by atoms with Gasteiger partial charge in [-0.25, -0.2) is 4.79 Å². The third kappa shape index (κ3) is 7.13. The number of rotatable bonds is 6. The van der Waals surface area contributed by atoms with Gasteiger partial charge in [-0.3, -0.25) is 4.90 Å². The summed E-state index contributed by atoms with van der Waals surface area (Å²) < 4.78 is 6.33. The van der Waals surface area contributed by atoms with Crippen molar-refractivity contribution in [1.29, 1.82) is 0 Å². The lowest BCUT2D eigenvalue weighted by Crippen LogP contribution is -2.52. The highest BCUT2D eigenvalue weighted by Crippen LogP contribution is 2.35. The molecule has 1 fully saturated rings. The molecule has 0 spiro atoms. The van der Waals surface area contributed by atoms with Crippen LogP contribution in [0.3, 0.4) is 0 Å². The van der Waals surface area contributed by atoms with Crippen molar-refractivity contribution in [3.8, 4) is 0 Å². The number of hydrogen-bond acceptors (Lipinski definition) is 4. The van der Waals surface area contributed by atoms with E-state index in [4.69, 9.17) is 16.3 Å². The molecule has 7 heteroatoms. The van der Waals surface area contributed by atoms with Crippen molar-refractivity contribution >= 4 is 38.1 Å². The fraction of sp³-hybridized carbons (Fsp3) is 0.458. The minimum Gasteiger partial charge on any atom is -0.444 e. The van der Waals surface area contributed by atoms with Gasteiger partial charge in [-0.05, 0) is 57.9 Å². The average molecular weight is 511 g/mol. The molecule has 0 radical (unpaired) electrons. The fourth-order valence-electron chi connectivity index (χ4n) is 3.57. The summed E-state index contributed by atoms with van der Waals surface area (Å²) in [5.74, 6) is 0. The van der Waals surface area contributed by atoms with E-state index in [1.165, 1.54) is 0 Å². The Labute approximate surface area is 200 Å². The van der Waals surface area contributed by atoms with Crippen LogP contribution in [0.5, 0.6) is 0 Å². The Balaban J connectivity index is 2.36. The van der Waals surface area contributed by atoms with Gasteiger partial charge in [-0.1, -0.05) is 52.3 Å². The quantitative estimate of drug-likeness (QED) is 0.430. The molecule has 170 valence electrons. The Bertz CT molecular complexity index is 828. The summed E-state index contributed by atoms with van der Waals surface area (Å²) in [4.78, 5) is 18.8. The molecular weight excluding hydrogens is 478 g/mol. The smallest absolute Gasteiger partial charge is 0.410 e. The normalized spacial score (nSPS) is 16.7. The molecule has 1 aliphatic heterocycles. The van der Waals surface area contributed by atoms with Crippen LogP contribution in [0.1, 0.15) is 51.9 Å². The zero-order chi connectivity index (χ0) is 23.2. The fourth-order valence-corrected chi connectivity index (χ4v) is 4.08. The van der Waals surface area contributed by atoms with Crippen molar-refractivity contribution in [2.45, 2.75) is 46.4 Å². The Morgan fingerprint density at radius 1 is 1.19 bits per heavy atom. The van der Waals surface area contributed by atoms with E-state index in [9.17, 15) is 4.79 Å². The Hall–Kier alpha value is -1.76. The lowest BCUT2D eigenvalue weighted by atomic mass is 10.0. The van der Waals surface area contributed by atoms with Crippen LogP contribution in [0.4, 0.5) is 4.79 Å². The Morgan fingerprint density at radius 2 is 1.77 bits per heavy atom. The van der Waals surface area contributed by atoms with Crippen molar-refractivity contribution < 1.29 is 9.53 Å². The maximum atomic E-state index is 12.5. The summed E-state index contributed by atoms with van der Waals surface area (Å²) in [6.45, 7) is 16.4. The SMILES string of the molecule is C=C(Br)c1cc(Cl)ccc1C(N(/C=C\C)/C=C\C)N1CCN(C(=O)OC(C)(C)C)CC1. The predicted molar refractivity (Wildman–Crippen MR) is 133 cm³/mol. The molecule has 0 saturated carbocycles. The highest BCUT2D eigenvalue weighted by atomic mass is 79.9. The number of carbonyl (C=O) groups excluding carboxylic acids is 1. The van der Waals surface area contributed by atoms with E-state index in [-0.39, 0.29) is 12.3 Å². The maximum Gasteiger partial charge on any atom is 0.410 e. The molecular formula is C24H33BrClN3O2. The van der Waals surface area contributed by atoms with Gasteiger partial charge in [0.2, 0.25) is 0 Å². The molecule has 1 heterocycles. The number of halogens is 2. The number of nitrogens with zero attached hydrogens (tertiary/aromatic N) is 3. The van der Waals surface area contributed by atoms with Gasteiger partial charge in [-0.2, -0.15) is 0 Å². The summed E-state index contributed by atoms with van der Waals surface area (Å²) in [7, 11) is 0. The number of carbonyl (C=O) groups is 1. The molecule has 31 heavy (non-hydrogen) atoms. The van der Waals surface area contributed by atoms with E-state index in [2.05, 4.69) is 50.8 Å². The Kier molecular flexibility index (Phi) is 9.22. The molecule has 0 bridgehead atoms. The van der Waals surface area contributed by atoms with Gasteiger partial charge in [-0.15, -0.1) is 0 Å². The first-order chi connectivity index (χ1) is 14.6. The molecule has 0 aliphatic carbocycles. The monoisotopic (exact) mass is 509 g/mol. The van der Waals surface area contributed by atoms with Crippen molar-refractivity contribution in [1.82, 2.24) is 14.7 Å². The van der Waals surface area contributed by atoms with Crippen molar-refractivity contribution in [3.63, 3.8) is 0 Å². The van der Waals surface area contributed by atoms with Crippen LogP contribution >= 0.6 is 27.5 Å². The second-order valence-electron chi connectivity index (χ2n) is 8.43. The number of piperazine rings is 1. The largest absolute Gasteiger partial charge is 0.444 e. The van der Waals surface area contributed by atoms with Crippen LogP contribution in [0, 0.1) is 0 Å². The first-order valence-corrected chi connectivity index (χ1v) is 11.6. The lowest BCUT2D eigenvalue weighted by molar-refractivity contribution is 0.00138. The molecule has 0 aromatic heterocycles. The Morgan fingerprint density at radius 3 is 2.26 bits per heavy atom. The van der Waals surface area contributed by atoms with Gasteiger partial charge in [0.05, 0.1) is 0 Å². The number of hydrogen-bond donors (Lipinski definition) is 0. The highest BCUT2D eigenvalue weighted by molar-refractivity contribution is 9.15. The summed E-state index contributed by atoms with van der Waals surface area (Å²) >= 11 is 9.83. The number of benzene rings is 1. The van der Waals surface area contributed by atoms with Crippen LogP contribution in [0.25, 0.3) is 4.48 Å². The maximum absolute atomic E-state index is 12.5. The van der Waals surface area contributed by atoms with E-state index in [1.807, 2.05) is 58.9 Å². The first kappa shape index (κ1) is 25.5. The number of allylic oxidation sites excluding steroid dienone is 2. The third-order valence-corrected chi connectivity index (χ3v) is 5.48. The van der Waals surface area contributed by atoms with E-state index in [0.717, 1.165) is 15.6 Å². The standard InChI is InChI=1S/C24H33BrClN3O2/c1-7-11-27(12-8-2)22(20-10-9-19(26)17-21(20)18(3)25)28-13-15-29(16-14-28)23(30)31-24(4,5)6/h7-12,17,22H,3,13-16H2,1-2,4-6H3/b11-7-,12-8-. The van der Waals surface area contributed by atoms with E-state index < -0.39 is 5.60 Å². The van der Waals surface area contributed by atoms with Crippen molar-refractivity contribution in [3.05, 3.63) is 65.5 Å². The first-order valence-electron chi connectivity index (χ1n) is 10.5. The van der Waals surface area contributed by atoms with Crippen LogP contribution in [-0.4, -0.2) is 52.6 Å². The molecule has 0 N–H and O–H groups in total. The molecule has 5 nitrogen and oxygen atoms in total. The summed E-state index contributed by atoms with van der Waals surface area (Å²) in [6.07, 6.45) is 7.81. The predicted octanol–water partition coefficient (Wildman–Crippen LogP) is 6.63. The minimum absolute atomic E-state index is 0.0743. The van der Waals surface area contributed by atoms with Gasteiger partial charge in [0.25, 0.3) is 0 Å². The average Bonchev–Trinajstić information content (AvgIpc) is 2.68. The van der Waals surface area contributed by atoms with E-state index >= 15 is 0 Å². The van der Waals surface area contributed by atoms with Crippen LogP contribution in [0.2, 0.25) is 5.02 Å². The molecule has 1 aliphatic rings. The zero-order valence-electron chi connectivity index (χ0n) is 19.1. The second kappa shape index (κ2) is 11.2. The third-order valence-electron chi connectivity index (χ3n) is 4.82. The molecule has 1 atom stereocenters. The molecule has 2 rings (SSSR count). The summed E-state index contributed by atoms with van der Waals surface area (Å²) in [6, 6.07) is 5.89. The number of ether oxygens (including phenoxy) is 1. The lowest BCUT2D eigenvalue weighted by Gasteiger charge is -2.43. The van der Waals surface area contributed by atoms with Crippen LogP contribution < -0.4 is 0 Å². The van der Waals surface area contributed by atoms with Gasteiger partial charge in [0.15, 0.2) is 0 Å². The topological polar surface area (TPSA) is 36.0 Å². The second-order valence-corrected chi connectivity index (χ2v) is 9.82. The number of amides is 1. The van der Waals surface area contributed by atoms with Gasteiger partial charge >= 0.3 is 6.09 Å². The summed E-state index contributed by atoms with van der Waals surface area (Å²) in [5.41, 5.74) is 1.55.